The lowest BCUT2D eigenvalue weighted by Gasteiger charge is -2.21. The Balaban J connectivity index is 2.31. The van der Waals surface area contributed by atoms with Gasteiger partial charge in [0.1, 0.15) is 6.17 Å². The molecule has 1 heterocycles. The van der Waals surface area contributed by atoms with Crippen LogP contribution in [0.15, 0.2) is 0 Å². The van der Waals surface area contributed by atoms with Crippen LogP contribution in [0.2, 0.25) is 0 Å². The first-order valence-corrected chi connectivity index (χ1v) is 3.07. The summed E-state index contributed by atoms with van der Waals surface area (Å²) >= 11 is 0. The molecule has 1 aliphatic heterocycles. The fourth-order valence-electron chi connectivity index (χ4n) is 0.855. The van der Waals surface area contributed by atoms with Crippen LogP contribution in [0.25, 0.3) is 0 Å². The van der Waals surface area contributed by atoms with E-state index in [-0.39, 0.29) is 12.1 Å². The molecule has 0 bridgehead atoms. The number of nitrogens with one attached hydrogen (secondary N) is 2. The van der Waals surface area contributed by atoms with E-state index >= 15 is 0 Å². The first-order chi connectivity index (χ1) is 4.30. The van der Waals surface area contributed by atoms with Crippen molar-refractivity contribution in [3.8, 4) is 0 Å². The summed E-state index contributed by atoms with van der Waals surface area (Å²) in [5.41, 5.74) is 5.00. The Morgan fingerprint density at radius 1 is 1.44 bits per heavy atom. The van der Waals surface area contributed by atoms with Gasteiger partial charge in [0.2, 0.25) is 5.91 Å². The predicted octanol–water partition coefficient (Wildman–Crippen LogP) is -1.62. The van der Waals surface area contributed by atoms with Gasteiger partial charge < -0.3 is 5.73 Å². The smallest absolute Gasteiger partial charge is 0.249 e. The molecule has 4 nitrogen and oxygen atoms in total. The van der Waals surface area contributed by atoms with Gasteiger partial charge in [-0.15, -0.1) is 0 Å². The standard InChI is InChI=1S/C5H11N3O/c6-4(9)5-7-2-1-3-8-5/h5,7-8H,1-3H2,(H2,6,9). The number of primary amides is 1. The van der Waals surface area contributed by atoms with Crippen LogP contribution in [0.4, 0.5) is 0 Å². The van der Waals surface area contributed by atoms with Crippen molar-refractivity contribution >= 4 is 5.91 Å². The SMILES string of the molecule is NC(=O)C1NCCCN1. The Morgan fingerprint density at radius 3 is 2.33 bits per heavy atom. The minimum absolute atomic E-state index is 0.307. The van der Waals surface area contributed by atoms with Crippen LogP contribution in [0.5, 0.6) is 0 Å². The van der Waals surface area contributed by atoms with Crippen molar-refractivity contribution in [3.63, 3.8) is 0 Å². The molecule has 1 saturated heterocycles. The van der Waals surface area contributed by atoms with Crippen molar-refractivity contribution in [2.75, 3.05) is 13.1 Å². The molecule has 1 aliphatic rings. The molecular formula is C5H11N3O. The molecular weight excluding hydrogens is 118 g/mol. The Kier molecular flexibility index (Phi) is 2.02. The van der Waals surface area contributed by atoms with Gasteiger partial charge in [0.05, 0.1) is 0 Å². The number of rotatable bonds is 1. The molecule has 0 atom stereocenters. The maximum Gasteiger partial charge on any atom is 0.249 e. The lowest BCUT2D eigenvalue weighted by atomic mass is 10.3. The summed E-state index contributed by atoms with van der Waals surface area (Å²) < 4.78 is 0. The zero-order chi connectivity index (χ0) is 6.69. The van der Waals surface area contributed by atoms with Crippen molar-refractivity contribution in [1.29, 1.82) is 0 Å². The predicted molar refractivity (Wildman–Crippen MR) is 33.6 cm³/mol. The minimum Gasteiger partial charge on any atom is -0.367 e. The summed E-state index contributed by atoms with van der Waals surface area (Å²) in [6.45, 7) is 1.75. The maximum atomic E-state index is 10.5. The van der Waals surface area contributed by atoms with Crippen molar-refractivity contribution in [2.45, 2.75) is 12.6 Å². The summed E-state index contributed by atoms with van der Waals surface area (Å²) in [6.07, 6.45) is 0.753. The molecule has 0 radical (unpaired) electrons. The molecule has 1 fully saturated rings. The fourth-order valence-corrected chi connectivity index (χ4v) is 0.855. The average molecular weight is 129 g/mol. The van der Waals surface area contributed by atoms with E-state index in [1.54, 1.807) is 0 Å². The van der Waals surface area contributed by atoms with Gasteiger partial charge >= 0.3 is 0 Å². The lowest BCUT2D eigenvalue weighted by Crippen LogP contribution is -2.55. The van der Waals surface area contributed by atoms with Crippen molar-refractivity contribution in [3.05, 3.63) is 0 Å². The Labute approximate surface area is 53.8 Å². The summed E-state index contributed by atoms with van der Waals surface area (Å²) in [7, 11) is 0. The number of carbonyl (C=O) groups is 1. The zero-order valence-corrected chi connectivity index (χ0v) is 5.18. The van der Waals surface area contributed by atoms with Crippen molar-refractivity contribution in [1.82, 2.24) is 10.6 Å². The van der Waals surface area contributed by atoms with Crippen LogP contribution in [-0.2, 0) is 4.79 Å². The highest BCUT2D eigenvalue weighted by Crippen LogP contribution is 1.86. The average Bonchev–Trinajstić information content (AvgIpc) is 1.90. The molecule has 1 rings (SSSR count). The molecule has 4 heteroatoms. The van der Waals surface area contributed by atoms with Gasteiger partial charge in [0.15, 0.2) is 0 Å². The Hall–Kier alpha value is -0.610. The zero-order valence-electron chi connectivity index (χ0n) is 5.18. The lowest BCUT2D eigenvalue weighted by molar-refractivity contribution is -0.121. The van der Waals surface area contributed by atoms with Gasteiger partial charge in [-0.1, -0.05) is 0 Å². The van der Waals surface area contributed by atoms with Crippen LogP contribution < -0.4 is 16.4 Å². The highest BCUT2D eigenvalue weighted by molar-refractivity contribution is 5.79. The van der Waals surface area contributed by atoms with E-state index in [1.165, 1.54) is 0 Å². The molecule has 4 N–H and O–H groups in total. The molecule has 1 amide bonds. The molecule has 0 saturated carbocycles. The third kappa shape index (κ3) is 1.65. The monoisotopic (exact) mass is 129 g/mol. The number of hydrogen-bond acceptors (Lipinski definition) is 3. The maximum absolute atomic E-state index is 10.5. The second kappa shape index (κ2) is 2.80. The summed E-state index contributed by atoms with van der Waals surface area (Å²) in [5, 5.41) is 5.87. The highest BCUT2D eigenvalue weighted by atomic mass is 16.1. The molecule has 0 spiro atoms. The topological polar surface area (TPSA) is 67.2 Å². The highest BCUT2D eigenvalue weighted by Gasteiger charge is 2.15. The Morgan fingerprint density at radius 2 is 2.00 bits per heavy atom. The molecule has 9 heavy (non-hydrogen) atoms. The van der Waals surface area contributed by atoms with E-state index in [2.05, 4.69) is 10.6 Å². The summed E-state index contributed by atoms with van der Waals surface area (Å²) in [5.74, 6) is -0.324. The van der Waals surface area contributed by atoms with Crippen molar-refractivity contribution in [2.24, 2.45) is 5.73 Å². The van der Waals surface area contributed by atoms with E-state index in [0.29, 0.717) is 0 Å². The number of hydrogen-bond donors (Lipinski definition) is 3. The quantitative estimate of drug-likeness (QED) is 0.398. The van der Waals surface area contributed by atoms with E-state index in [4.69, 9.17) is 5.73 Å². The van der Waals surface area contributed by atoms with Gasteiger partial charge in [-0.3, -0.25) is 15.4 Å². The van der Waals surface area contributed by atoms with Gasteiger partial charge in [-0.25, -0.2) is 0 Å². The first-order valence-electron chi connectivity index (χ1n) is 3.07. The number of amides is 1. The van der Waals surface area contributed by atoms with Gasteiger partial charge in [-0.05, 0) is 19.5 Å². The van der Waals surface area contributed by atoms with Crippen LogP contribution in [0, 0.1) is 0 Å². The molecule has 52 valence electrons. The second-order valence-electron chi connectivity index (χ2n) is 2.10. The summed E-state index contributed by atoms with van der Waals surface area (Å²) in [4.78, 5) is 10.5. The molecule has 0 aliphatic carbocycles. The van der Waals surface area contributed by atoms with Crippen LogP contribution in [-0.4, -0.2) is 25.2 Å². The largest absolute Gasteiger partial charge is 0.367 e. The van der Waals surface area contributed by atoms with E-state index < -0.39 is 0 Å². The van der Waals surface area contributed by atoms with Crippen LogP contribution >= 0.6 is 0 Å². The van der Waals surface area contributed by atoms with Gasteiger partial charge in [0, 0.05) is 0 Å². The number of carbonyl (C=O) groups excluding carboxylic acids is 1. The molecule has 0 aromatic rings. The second-order valence-corrected chi connectivity index (χ2v) is 2.10. The molecule has 0 aromatic heterocycles. The summed E-state index contributed by atoms with van der Waals surface area (Å²) in [6, 6.07) is 0. The van der Waals surface area contributed by atoms with E-state index in [9.17, 15) is 4.79 Å². The normalized spacial score (nSPS) is 21.8. The van der Waals surface area contributed by atoms with E-state index in [0.717, 1.165) is 19.5 Å². The minimum atomic E-state index is -0.324. The van der Waals surface area contributed by atoms with Crippen molar-refractivity contribution < 1.29 is 4.79 Å². The fraction of sp³-hybridized carbons (Fsp3) is 0.800. The third-order valence-corrected chi connectivity index (χ3v) is 1.33. The first kappa shape index (κ1) is 6.51. The third-order valence-electron chi connectivity index (χ3n) is 1.33. The van der Waals surface area contributed by atoms with Crippen LogP contribution in [0.1, 0.15) is 6.42 Å². The van der Waals surface area contributed by atoms with Gasteiger partial charge in [0.25, 0.3) is 0 Å². The Bertz CT molecular complexity index is 109. The van der Waals surface area contributed by atoms with E-state index in [1.807, 2.05) is 0 Å². The van der Waals surface area contributed by atoms with Crippen LogP contribution in [0.3, 0.4) is 0 Å². The molecule has 0 unspecified atom stereocenters. The number of nitrogens with two attached hydrogens (primary N) is 1. The van der Waals surface area contributed by atoms with Gasteiger partial charge in [-0.2, -0.15) is 0 Å². The molecule has 0 aromatic carbocycles.